The van der Waals surface area contributed by atoms with E-state index in [-0.39, 0.29) is 11.3 Å². The summed E-state index contributed by atoms with van der Waals surface area (Å²) in [5.41, 5.74) is 8.51. The van der Waals surface area contributed by atoms with Crippen LogP contribution in [-0.2, 0) is 5.41 Å². The van der Waals surface area contributed by atoms with Crippen LogP contribution in [0.5, 0.6) is 0 Å². The number of anilines is 2. The van der Waals surface area contributed by atoms with E-state index in [4.69, 9.17) is 5.73 Å². The quantitative estimate of drug-likeness (QED) is 0.773. The molecule has 0 atom stereocenters. The molecule has 0 saturated carbocycles. The molecule has 4 N–H and O–H groups in total. The standard InChI is InChI=1S/C15H19N3O/c1-15(2,3)11-6-4-5-7-12(11)18-14(19)13-8-10(16)9-17-13/h4-9,17H,16H2,1-3H3,(H,18,19). The zero-order chi connectivity index (χ0) is 14.0. The fourth-order valence-corrected chi connectivity index (χ4v) is 1.98. The number of carbonyl (C=O) groups is 1. The van der Waals surface area contributed by atoms with Crippen LogP contribution in [0.3, 0.4) is 0 Å². The number of H-pyrrole nitrogens is 1. The van der Waals surface area contributed by atoms with Crippen LogP contribution in [0, 0.1) is 0 Å². The molecule has 19 heavy (non-hydrogen) atoms. The normalized spacial score (nSPS) is 11.3. The van der Waals surface area contributed by atoms with Gasteiger partial charge in [-0.05, 0) is 23.1 Å². The molecule has 4 heteroatoms. The Bertz CT molecular complexity index is 593. The fraction of sp³-hybridized carbons (Fsp3) is 0.267. The maximum absolute atomic E-state index is 12.1. The van der Waals surface area contributed by atoms with Gasteiger partial charge in [-0.2, -0.15) is 0 Å². The molecule has 4 nitrogen and oxygen atoms in total. The van der Waals surface area contributed by atoms with E-state index in [1.807, 2.05) is 24.3 Å². The number of benzene rings is 1. The van der Waals surface area contributed by atoms with Crippen molar-refractivity contribution in [2.24, 2.45) is 0 Å². The minimum atomic E-state index is -0.187. The van der Waals surface area contributed by atoms with Gasteiger partial charge >= 0.3 is 0 Å². The van der Waals surface area contributed by atoms with E-state index < -0.39 is 0 Å². The summed E-state index contributed by atoms with van der Waals surface area (Å²) in [6.45, 7) is 6.35. The highest BCUT2D eigenvalue weighted by molar-refractivity contribution is 6.04. The number of hydrogen-bond donors (Lipinski definition) is 3. The van der Waals surface area contributed by atoms with E-state index in [2.05, 4.69) is 31.1 Å². The predicted molar refractivity (Wildman–Crippen MR) is 78.3 cm³/mol. The summed E-state index contributed by atoms with van der Waals surface area (Å²) in [5.74, 6) is -0.187. The zero-order valence-corrected chi connectivity index (χ0v) is 11.4. The van der Waals surface area contributed by atoms with E-state index in [1.165, 1.54) is 0 Å². The molecule has 2 aromatic rings. The Hall–Kier alpha value is -2.23. The molecule has 0 aliphatic rings. The summed E-state index contributed by atoms with van der Waals surface area (Å²) in [7, 11) is 0. The SMILES string of the molecule is CC(C)(C)c1ccccc1NC(=O)c1cc(N)c[nH]1. The third-order valence-electron chi connectivity index (χ3n) is 2.93. The Balaban J connectivity index is 2.27. The molecule has 0 unspecified atom stereocenters. The van der Waals surface area contributed by atoms with Crippen molar-refractivity contribution >= 4 is 17.3 Å². The molecule has 100 valence electrons. The average Bonchev–Trinajstić information content (AvgIpc) is 2.75. The number of aromatic nitrogens is 1. The third kappa shape index (κ3) is 2.96. The fourth-order valence-electron chi connectivity index (χ4n) is 1.98. The van der Waals surface area contributed by atoms with Crippen molar-refractivity contribution in [3.05, 3.63) is 47.8 Å². The van der Waals surface area contributed by atoms with Crippen LogP contribution in [0.1, 0.15) is 36.8 Å². The number of amides is 1. The zero-order valence-electron chi connectivity index (χ0n) is 11.4. The molecule has 0 spiro atoms. The molecule has 1 aromatic heterocycles. The monoisotopic (exact) mass is 257 g/mol. The largest absolute Gasteiger partial charge is 0.397 e. The molecule has 0 fully saturated rings. The van der Waals surface area contributed by atoms with Gasteiger partial charge in [-0.1, -0.05) is 39.0 Å². The van der Waals surface area contributed by atoms with Gasteiger partial charge in [0.1, 0.15) is 5.69 Å². The number of nitrogens with two attached hydrogens (primary N) is 1. The summed E-state index contributed by atoms with van der Waals surface area (Å²) < 4.78 is 0. The molecule has 0 aliphatic heterocycles. The van der Waals surface area contributed by atoms with Gasteiger partial charge in [0, 0.05) is 17.6 Å². The molecule has 0 saturated heterocycles. The summed E-state index contributed by atoms with van der Waals surface area (Å²) in [6, 6.07) is 9.44. The van der Waals surface area contributed by atoms with E-state index in [0.29, 0.717) is 11.4 Å². The van der Waals surface area contributed by atoms with Gasteiger partial charge in [0.25, 0.3) is 5.91 Å². The van der Waals surface area contributed by atoms with E-state index in [9.17, 15) is 4.79 Å². The van der Waals surface area contributed by atoms with Gasteiger partial charge in [-0.15, -0.1) is 0 Å². The molecule has 0 aliphatic carbocycles. The van der Waals surface area contributed by atoms with Crippen LogP contribution in [-0.4, -0.2) is 10.9 Å². The average molecular weight is 257 g/mol. The van der Waals surface area contributed by atoms with Gasteiger partial charge in [0.15, 0.2) is 0 Å². The second-order valence-electron chi connectivity index (χ2n) is 5.60. The predicted octanol–water partition coefficient (Wildman–Crippen LogP) is 3.15. The van der Waals surface area contributed by atoms with Gasteiger partial charge in [0.05, 0.1) is 0 Å². The van der Waals surface area contributed by atoms with Gasteiger partial charge in [-0.25, -0.2) is 0 Å². The highest BCUT2D eigenvalue weighted by atomic mass is 16.1. The van der Waals surface area contributed by atoms with Crippen molar-refractivity contribution < 1.29 is 4.79 Å². The van der Waals surface area contributed by atoms with Crippen LogP contribution in [0.2, 0.25) is 0 Å². The molecule has 2 rings (SSSR count). The first-order valence-electron chi connectivity index (χ1n) is 6.22. The minimum absolute atomic E-state index is 0.0291. The number of nitrogens with one attached hydrogen (secondary N) is 2. The summed E-state index contributed by atoms with van der Waals surface area (Å²) in [5, 5.41) is 2.92. The number of aromatic amines is 1. The first-order valence-corrected chi connectivity index (χ1v) is 6.22. The molecule has 1 aromatic carbocycles. The number of nitrogen functional groups attached to an aromatic ring is 1. The minimum Gasteiger partial charge on any atom is -0.397 e. The molecular weight excluding hydrogens is 238 g/mol. The molecule has 0 radical (unpaired) electrons. The number of hydrogen-bond acceptors (Lipinski definition) is 2. The second kappa shape index (κ2) is 4.80. The van der Waals surface area contributed by atoms with Gasteiger partial charge in [-0.3, -0.25) is 4.79 Å². The summed E-state index contributed by atoms with van der Waals surface area (Å²) in [4.78, 5) is 15.0. The number of carbonyl (C=O) groups excluding carboxylic acids is 1. The summed E-state index contributed by atoms with van der Waals surface area (Å²) >= 11 is 0. The van der Waals surface area contributed by atoms with E-state index >= 15 is 0 Å². The lowest BCUT2D eigenvalue weighted by molar-refractivity contribution is 0.102. The lowest BCUT2D eigenvalue weighted by Crippen LogP contribution is -2.18. The Kier molecular flexibility index (Phi) is 3.34. The van der Waals surface area contributed by atoms with E-state index in [0.717, 1.165) is 11.3 Å². The lowest BCUT2D eigenvalue weighted by atomic mass is 9.86. The van der Waals surface area contributed by atoms with Crippen molar-refractivity contribution in [1.82, 2.24) is 4.98 Å². The molecule has 1 heterocycles. The van der Waals surface area contributed by atoms with Crippen molar-refractivity contribution in [2.75, 3.05) is 11.1 Å². The smallest absolute Gasteiger partial charge is 0.272 e. The van der Waals surface area contributed by atoms with Crippen molar-refractivity contribution in [1.29, 1.82) is 0 Å². The Morgan fingerprint density at radius 2 is 1.95 bits per heavy atom. The first kappa shape index (κ1) is 13.2. The van der Waals surface area contributed by atoms with Gasteiger partial charge < -0.3 is 16.0 Å². The maximum atomic E-state index is 12.1. The van der Waals surface area contributed by atoms with Gasteiger partial charge in [0.2, 0.25) is 0 Å². The third-order valence-corrected chi connectivity index (χ3v) is 2.93. The van der Waals surface area contributed by atoms with Crippen LogP contribution in [0.15, 0.2) is 36.5 Å². The Labute approximate surface area is 113 Å². The summed E-state index contributed by atoms with van der Waals surface area (Å²) in [6.07, 6.45) is 1.60. The van der Waals surface area contributed by atoms with Crippen molar-refractivity contribution in [3.63, 3.8) is 0 Å². The van der Waals surface area contributed by atoms with Crippen LogP contribution in [0.25, 0.3) is 0 Å². The Morgan fingerprint density at radius 3 is 2.53 bits per heavy atom. The molecule has 0 bridgehead atoms. The topological polar surface area (TPSA) is 70.9 Å². The van der Waals surface area contributed by atoms with Crippen molar-refractivity contribution in [3.8, 4) is 0 Å². The highest BCUT2D eigenvalue weighted by Gasteiger charge is 2.19. The van der Waals surface area contributed by atoms with Crippen LogP contribution in [0.4, 0.5) is 11.4 Å². The first-order chi connectivity index (χ1) is 8.88. The second-order valence-corrected chi connectivity index (χ2v) is 5.60. The van der Waals surface area contributed by atoms with E-state index in [1.54, 1.807) is 12.3 Å². The highest BCUT2D eigenvalue weighted by Crippen LogP contribution is 2.29. The Morgan fingerprint density at radius 1 is 1.26 bits per heavy atom. The lowest BCUT2D eigenvalue weighted by Gasteiger charge is -2.22. The molecule has 1 amide bonds. The number of rotatable bonds is 2. The molecular formula is C15H19N3O. The van der Waals surface area contributed by atoms with Crippen molar-refractivity contribution in [2.45, 2.75) is 26.2 Å². The van der Waals surface area contributed by atoms with Crippen LogP contribution >= 0.6 is 0 Å². The maximum Gasteiger partial charge on any atom is 0.272 e. The van der Waals surface area contributed by atoms with Crippen LogP contribution < -0.4 is 11.1 Å². The number of para-hydroxylation sites is 1.